The number of hydrogen-bond acceptors (Lipinski definition) is 4. The van der Waals surface area contributed by atoms with Crippen molar-refractivity contribution in [2.24, 2.45) is 5.41 Å². The maximum absolute atomic E-state index is 11.3. The van der Waals surface area contributed by atoms with Crippen molar-refractivity contribution in [3.8, 4) is 0 Å². The van der Waals surface area contributed by atoms with Gasteiger partial charge >= 0.3 is 5.97 Å². The van der Waals surface area contributed by atoms with Gasteiger partial charge < -0.3 is 10.1 Å². The van der Waals surface area contributed by atoms with Crippen molar-refractivity contribution in [2.75, 3.05) is 5.75 Å². The summed E-state index contributed by atoms with van der Waals surface area (Å²) in [5.74, 6) is -0.0390. The van der Waals surface area contributed by atoms with Crippen molar-refractivity contribution >= 4 is 40.3 Å². The van der Waals surface area contributed by atoms with Gasteiger partial charge in [0.1, 0.15) is 8.60 Å². The van der Waals surface area contributed by atoms with E-state index < -0.39 is 5.97 Å². The average Bonchev–Trinajstić information content (AvgIpc) is 3.00. The molecule has 1 heterocycles. The molecule has 0 aromatic carbocycles. The minimum absolute atomic E-state index is 0.0795. The Labute approximate surface area is 116 Å². The normalized spacial score (nSPS) is 16.8. The Kier molecular flexibility index (Phi) is 3.76. The number of halogens is 1. The van der Waals surface area contributed by atoms with Crippen molar-refractivity contribution in [3.05, 3.63) is 20.3 Å². The minimum Gasteiger partial charge on any atom is -0.481 e. The lowest BCUT2D eigenvalue weighted by Crippen LogP contribution is -2.14. The summed E-state index contributed by atoms with van der Waals surface area (Å²) in [6.07, 6.45) is 3.49. The first-order chi connectivity index (χ1) is 8.02. The number of aromatic amines is 1. The molecule has 0 aliphatic heterocycles. The summed E-state index contributed by atoms with van der Waals surface area (Å²) in [5.41, 5.74) is -0.227. The van der Waals surface area contributed by atoms with Crippen LogP contribution in [0.3, 0.4) is 0 Å². The van der Waals surface area contributed by atoms with Gasteiger partial charge in [-0.15, -0.1) is 11.8 Å². The molecule has 5 nitrogen and oxygen atoms in total. The molecule has 0 atom stereocenters. The molecule has 1 saturated carbocycles. The molecular formula is C10H11IN2O3S. The fourth-order valence-electron chi connectivity index (χ4n) is 1.56. The number of H-pyrrole nitrogens is 1. The zero-order valence-electron chi connectivity index (χ0n) is 8.90. The molecule has 0 unspecified atom stereocenters. The first-order valence-corrected chi connectivity index (χ1v) is 7.17. The first-order valence-electron chi connectivity index (χ1n) is 5.10. The van der Waals surface area contributed by atoms with Crippen molar-refractivity contribution in [2.45, 2.75) is 24.3 Å². The van der Waals surface area contributed by atoms with Crippen LogP contribution < -0.4 is 5.56 Å². The molecule has 17 heavy (non-hydrogen) atoms. The van der Waals surface area contributed by atoms with Gasteiger partial charge in [0, 0.05) is 5.75 Å². The SMILES string of the molecule is O=C(O)CC1(CSc2nc[nH]c(=O)c2I)CC1. The van der Waals surface area contributed by atoms with Crippen LogP contribution >= 0.6 is 34.4 Å². The Morgan fingerprint density at radius 3 is 2.94 bits per heavy atom. The molecule has 1 aliphatic rings. The van der Waals surface area contributed by atoms with E-state index in [9.17, 15) is 9.59 Å². The van der Waals surface area contributed by atoms with Crippen LogP contribution in [0.4, 0.5) is 0 Å². The largest absolute Gasteiger partial charge is 0.481 e. The highest BCUT2D eigenvalue weighted by Crippen LogP contribution is 2.51. The number of thioether (sulfide) groups is 1. The summed E-state index contributed by atoms with van der Waals surface area (Å²) in [4.78, 5) is 28.7. The molecule has 1 aliphatic carbocycles. The number of carbonyl (C=O) groups is 1. The predicted octanol–water partition coefficient (Wildman–Crippen LogP) is 1.72. The van der Waals surface area contributed by atoms with Gasteiger partial charge in [0.05, 0.1) is 12.7 Å². The second-order valence-electron chi connectivity index (χ2n) is 4.21. The van der Waals surface area contributed by atoms with Gasteiger partial charge in [0.25, 0.3) is 5.56 Å². The third kappa shape index (κ3) is 3.21. The number of aromatic nitrogens is 2. The lowest BCUT2D eigenvalue weighted by atomic mass is 10.1. The second-order valence-corrected chi connectivity index (χ2v) is 6.25. The third-order valence-electron chi connectivity index (χ3n) is 2.76. The van der Waals surface area contributed by atoms with Crippen molar-refractivity contribution < 1.29 is 9.90 Å². The number of carboxylic acid groups (broad SMARTS) is 1. The molecule has 0 radical (unpaired) electrons. The van der Waals surface area contributed by atoms with Crippen LogP contribution in [-0.4, -0.2) is 26.8 Å². The van der Waals surface area contributed by atoms with Crippen LogP contribution in [-0.2, 0) is 4.79 Å². The summed E-state index contributed by atoms with van der Waals surface area (Å²) in [6, 6.07) is 0. The van der Waals surface area contributed by atoms with Gasteiger partial charge in [0.2, 0.25) is 0 Å². The summed E-state index contributed by atoms with van der Waals surface area (Å²) in [5, 5.41) is 9.49. The lowest BCUT2D eigenvalue weighted by molar-refractivity contribution is -0.138. The van der Waals surface area contributed by atoms with E-state index in [1.54, 1.807) is 0 Å². The van der Waals surface area contributed by atoms with E-state index in [4.69, 9.17) is 5.11 Å². The van der Waals surface area contributed by atoms with E-state index >= 15 is 0 Å². The number of nitrogens with zero attached hydrogens (tertiary/aromatic N) is 1. The summed E-state index contributed by atoms with van der Waals surface area (Å²) >= 11 is 3.43. The highest BCUT2D eigenvalue weighted by molar-refractivity contribution is 14.1. The molecule has 0 amide bonds. The van der Waals surface area contributed by atoms with Crippen LogP contribution in [0.2, 0.25) is 0 Å². The van der Waals surface area contributed by atoms with Gasteiger partial charge in [-0.25, -0.2) is 4.98 Å². The van der Waals surface area contributed by atoms with E-state index in [1.165, 1.54) is 18.1 Å². The average molecular weight is 366 g/mol. The van der Waals surface area contributed by atoms with E-state index in [0.717, 1.165) is 12.8 Å². The Balaban J connectivity index is 2.01. The first kappa shape index (κ1) is 12.9. The fourth-order valence-corrected chi connectivity index (χ4v) is 3.50. The Hall–Kier alpha value is -0.570. The van der Waals surface area contributed by atoms with Gasteiger partial charge in [-0.2, -0.15) is 0 Å². The number of nitrogens with one attached hydrogen (secondary N) is 1. The molecule has 2 rings (SSSR count). The maximum Gasteiger partial charge on any atom is 0.303 e. The smallest absolute Gasteiger partial charge is 0.303 e. The number of aliphatic carboxylic acids is 1. The molecule has 1 fully saturated rings. The molecule has 2 N–H and O–H groups in total. The van der Waals surface area contributed by atoms with Gasteiger partial charge in [-0.1, -0.05) is 0 Å². The molecule has 1 aromatic heterocycles. The van der Waals surface area contributed by atoms with E-state index in [2.05, 4.69) is 9.97 Å². The second kappa shape index (κ2) is 4.97. The zero-order valence-corrected chi connectivity index (χ0v) is 11.9. The maximum atomic E-state index is 11.3. The van der Waals surface area contributed by atoms with Crippen molar-refractivity contribution in [3.63, 3.8) is 0 Å². The standard InChI is InChI=1S/C10H11IN2O3S/c11-7-8(16)12-5-13-9(7)17-4-10(1-2-10)3-6(14)15/h5H,1-4H2,(H,14,15)(H,12,13,16). The van der Waals surface area contributed by atoms with Crippen LogP contribution in [0.5, 0.6) is 0 Å². The summed E-state index contributed by atoms with van der Waals surface area (Å²) in [6.45, 7) is 0. The van der Waals surface area contributed by atoms with Crippen molar-refractivity contribution in [1.29, 1.82) is 0 Å². The van der Waals surface area contributed by atoms with Crippen LogP contribution in [0.1, 0.15) is 19.3 Å². The zero-order chi connectivity index (χ0) is 12.5. The van der Waals surface area contributed by atoms with Gasteiger partial charge in [-0.3, -0.25) is 9.59 Å². The fraction of sp³-hybridized carbons (Fsp3) is 0.500. The van der Waals surface area contributed by atoms with E-state index in [-0.39, 0.29) is 17.4 Å². The Morgan fingerprint density at radius 1 is 1.65 bits per heavy atom. The monoisotopic (exact) mass is 366 g/mol. The Morgan fingerprint density at radius 2 is 2.35 bits per heavy atom. The van der Waals surface area contributed by atoms with E-state index in [0.29, 0.717) is 14.3 Å². The number of carboxylic acids is 1. The Bertz CT molecular complexity index is 499. The number of hydrogen-bond donors (Lipinski definition) is 2. The highest BCUT2D eigenvalue weighted by Gasteiger charge is 2.44. The minimum atomic E-state index is -0.753. The molecule has 0 spiro atoms. The number of rotatable bonds is 5. The molecule has 7 heteroatoms. The highest BCUT2D eigenvalue weighted by atomic mass is 127. The molecule has 92 valence electrons. The molecule has 0 bridgehead atoms. The molecular weight excluding hydrogens is 355 g/mol. The third-order valence-corrected chi connectivity index (χ3v) is 5.47. The molecule has 0 saturated heterocycles. The predicted molar refractivity (Wildman–Crippen MR) is 72.2 cm³/mol. The van der Waals surface area contributed by atoms with Gasteiger partial charge in [0.15, 0.2) is 0 Å². The summed E-state index contributed by atoms with van der Waals surface area (Å²) in [7, 11) is 0. The van der Waals surface area contributed by atoms with Crippen LogP contribution in [0.15, 0.2) is 16.1 Å². The quantitative estimate of drug-likeness (QED) is 0.471. The van der Waals surface area contributed by atoms with E-state index in [1.807, 2.05) is 22.6 Å². The molecule has 1 aromatic rings. The topological polar surface area (TPSA) is 83.0 Å². The van der Waals surface area contributed by atoms with Crippen molar-refractivity contribution in [1.82, 2.24) is 9.97 Å². The van der Waals surface area contributed by atoms with Crippen LogP contribution in [0, 0.1) is 8.99 Å². The lowest BCUT2D eigenvalue weighted by Gasteiger charge is -2.11. The van der Waals surface area contributed by atoms with Crippen LogP contribution in [0.25, 0.3) is 0 Å². The van der Waals surface area contributed by atoms with Gasteiger partial charge in [-0.05, 0) is 40.8 Å². The summed E-state index contributed by atoms with van der Waals surface area (Å²) < 4.78 is 0.571.